The zero-order chi connectivity index (χ0) is 49.9. The number of amides is 1. The predicted octanol–water partition coefficient (Wildman–Crippen LogP) is 17.1. The minimum atomic E-state index is -4.56. The van der Waals surface area contributed by atoms with Crippen molar-refractivity contribution in [3.05, 3.63) is 36.5 Å². The number of hydrogen-bond donors (Lipinski definition) is 2. The first-order valence-corrected chi connectivity index (χ1v) is 30.8. The lowest BCUT2D eigenvalue weighted by Crippen LogP contribution is -2.46. The number of carbonyl (C=O) groups excluding carboxylic acids is 1. The number of aliphatic hydroxyl groups is 1. The molecule has 3 unspecified atom stereocenters. The van der Waals surface area contributed by atoms with E-state index in [4.69, 9.17) is 9.05 Å². The van der Waals surface area contributed by atoms with E-state index >= 15 is 0 Å². The SMILES string of the molecule is CCCCCCC/C=C\C/C=C\C/C=C\CCCCCCCCCCCCCCCCCCCCCCCCC(=O)NC(COP(=O)([O-])OCC[N+](C)(C)C)C(O)CCCCCCCCCCC. The van der Waals surface area contributed by atoms with Crippen molar-refractivity contribution in [2.24, 2.45) is 0 Å². The highest BCUT2D eigenvalue weighted by molar-refractivity contribution is 7.45. The van der Waals surface area contributed by atoms with Crippen molar-refractivity contribution in [1.82, 2.24) is 5.32 Å². The summed E-state index contributed by atoms with van der Waals surface area (Å²) in [4.78, 5) is 25.4. The van der Waals surface area contributed by atoms with Gasteiger partial charge in [0, 0.05) is 6.42 Å². The molecule has 8 nitrogen and oxygen atoms in total. The molecule has 0 aromatic rings. The van der Waals surface area contributed by atoms with Gasteiger partial charge in [-0.2, -0.15) is 0 Å². The van der Waals surface area contributed by atoms with Crippen LogP contribution in [0.2, 0.25) is 0 Å². The summed E-state index contributed by atoms with van der Waals surface area (Å²) >= 11 is 0. The second-order valence-electron chi connectivity index (χ2n) is 21.4. The zero-order valence-corrected chi connectivity index (χ0v) is 46.7. The fourth-order valence-corrected chi connectivity index (χ4v) is 9.48. The van der Waals surface area contributed by atoms with Gasteiger partial charge in [-0.1, -0.05) is 262 Å². The fourth-order valence-electron chi connectivity index (χ4n) is 8.76. The van der Waals surface area contributed by atoms with Crippen molar-refractivity contribution in [3.63, 3.8) is 0 Å². The average molecular weight is 980 g/mol. The Kier molecular flexibility index (Phi) is 49.7. The molecule has 0 fully saturated rings. The van der Waals surface area contributed by atoms with Crippen LogP contribution in [0.1, 0.15) is 284 Å². The summed E-state index contributed by atoms with van der Waals surface area (Å²) in [5.41, 5.74) is 0. The first-order chi connectivity index (χ1) is 33.0. The molecule has 2 N–H and O–H groups in total. The Hall–Kier alpha value is -1.28. The highest BCUT2D eigenvalue weighted by Crippen LogP contribution is 2.38. The van der Waals surface area contributed by atoms with E-state index in [1.54, 1.807) is 0 Å². The standard InChI is InChI=1S/C59H115N2O6P/c1-6-8-10-12-14-16-17-18-19-20-21-22-23-24-25-26-27-28-29-30-31-32-33-34-35-36-37-38-39-40-41-42-43-45-47-49-51-53-59(63)60-57(56-67-68(64,65)66-55-54-61(3,4)5)58(62)52-50-48-46-44-15-13-11-9-7-2/h17-18,20-21,23-24,57-58,62H,6-16,19,22,25-56H2,1-5H3,(H-,60,63,64,65)/b18-17-,21-20-,24-23-. The summed E-state index contributed by atoms with van der Waals surface area (Å²) in [6.45, 7) is 4.70. The molecule has 0 bridgehead atoms. The van der Waals surface area contributed by atoms with E-state index in [1.165, 1.54) is 205 Å². The molecule has 0 saturated heterocycles. The van der Waals surface area contributed by atoms with Crippen molar-refractivity contribution in [1.29, 1.82) is 0 Å². The second-order valence-corrected chi connectivity index (χ2v) is 22.8. The van der Waals surface area contributed by atoms with E-state index in [0.29, 0.717) is 23.9 Å². The quantitative estimate of drug-likeness (QED) is 0.0272. The Balaban J connectivity index is 3.82. The molecular formula is C59H115N2O6P. The Bertz CT molecular complexity index is 1200. The van der Waals surface area contributed by atoms with Crippen LogP contribution in [-0.4, -0.2) is 68.5 Å². The number of aliphatic hydroxyl groups excluding tert-OH is 1. The number of unbranched alkanes of at least 4 members (excludes halogenated alkanes) is 35. The molecule has 1 amide bonds. The lowest BCUT2D eigenvalue weighted by Gasteiger charge is -2.30. The average Bonchev–Trinajstić information content (AvgIpc) is 3.30. The molecule has 0 aliphatic heterocycles. The molecular weight excluding hydrogens is 864 g/mol. The third-order valence-corrected chi connectivity index (χ3v) is 14.3. The molecule has 9 heteroatoms. The van der Waals surface area contributed by atoms with E-state index in [0.717, 1.165) is 51.4 Å². The van der Waals surface area contributed by atoms with Gasteiger partial charge in [-0.3, -0.25) is 9.36 Å². The zero-order valence-electron chi connectivity index (χ0n) is 45.8. The Morgan fingerprint density at radius 1 is 0.515 bits per heavy atom. The summed E-state index contributed by atoms with van der Waals surface area (Å²) < 4.78 is 23.3. The summed E-state index contributed by atoms with van der Waals surface area (Å²) in [5.74, 6) is -0.163. The number of likely N-dealkylation sites (N-methyl/N-ethyl adjacent to an activating group) is 1. The normalized spacial score (nSPS) is 14.2. The van der Waals surface area contributed by atoms with Gasteiger partial charge in [0.25, 0.3) is 7.82 Å². The van der Waals surface area contributed by atoms with E-state index in [-0.39, 0.29) is 19.1 Å². The molecule has 0 aromatic heterocycles. The van der Waals surface area contributed by atoms with E-state index in [9.17, 15) is 19.4 Å². The topological polar surface area (TPSA) is 108 Å². The summed E-state index contributed by atoms with van der Waals surface area (Å²) in [7, 11) is 1.31. The van der Waals surface area contributed by atoms with Crippen LogP contribution in [0.5, 0.6) is 0 Å². The minimum Gasteiger partial charge on any atom is -0.756 e. The smallest absolute Gasteiger partial charge is 0.268 e. The molecule has 0 rings (SSSR count). The maximum atomic E-state index is 12.9. The highest BCUT2D eigenvalue weighted by atomic mass is 31.2. The van der Waals surface area contributed by atoms with Crippen molar-refractivity contribution >= 4 is 13.7 Å². The molecule has 0 saturated carbocycles. The van der Waals surface area contributed by atoms with E-state index in [2.05, 4.69) is 55.6 Å². The van der Waals surface area contributed by atoms with Crippen LogP contribution in [0.3, 0.4) is 0 Å². The van der Waals surface area contributed by atoms with E-state index in [1.807, 2.05) is 21.1 Å². The van der Waals surface area contributed by atoms with Crippen LogP contribution < -0.4 is 10.2 Å². The van der Waals surface area contributed by atoms with Gasteiger partial charge in [0.2, 0.25) is 5.91 Å². The van der Waals surface area contributed by atoms with Crippen LogP contribution in [0.25, 0.3) is 0 Å². The monoisotopic (exact) mass is 979 g/mol. The van der Waals surface area contributed by atoms with Gasteiger partial charge < -0.3 is 28.8 Å². The van der Waals surface area contributed by atoms with Gasteiger partial charge in [0.1, 0.15) is 13.2 Å². The largest absolute Gasteiger partial charge is 0.756 e. The minimum absolute atomic E-state index is 0.0137. The molecule has 0 heterocycles. The number of phosphoric ester groups is 1. The lowest BCUT2D eigenvalue weighted by atomic mass is 10.0. The number of hydrogen-bond acceptors (Lipinski definition) is 6. The molecule has 0 spiro atoms. The predicted molar refractivity (Wildman–Crippen MR) is 293 cm³/mol. The molecule has 402 valence electrons. The van der Waals surface area contributed by atoms with Crippen LogP contribution in [0, 0.1) is 0 Å². The molecule has 0 aromatic carbocycles. The summed E-state index contributed by atoms with van der Waals surface area (Å²) in [6.07, 6.45) is 65.0. The number of quaternary nitrogens is 1. The van der Waals surface area contributed by atoms with Crippen molar-refractivity contribution in [2.45, 2.75) is 296 Å². The maximum Gasteiger partial charge on any atom is 0.268 e. The van der Waals surface area contributed by atoms with Crippen LogP contribution >= 0.6 is 7.82 Å². The Morgan fingerprint density at radius 3 is 1.24 bits per heavy atom. The molecule has 3 atom stereocenters. The van der Waals surface area contributed by atoms with Crippen LogP contribution in [0.4, 0.5) is 0 Å². The van der Waals surface area contributed by atoms with Crippen LogP contribution in [0.15, 0.2) is 36.5 Å². The van der Waals surface area contributed by atoms with Crippen molar-refractivity contribution in [2.75, 3.05) is 40.9 Å². The van der Waals surface area contributed by atoms with Gasteiger partial charge >= 0.3 is 0 Å². The number of allylic oxidation sites excluding steroid dienone is 6. The first-order valence-electron chi connectivity index (χ1n) is 29.3. The second kappa shape index (κ2) is 50.7. The number of rotatable bonds is 54. The van der Waals surface area contributed by atoms with Crippen molar-refractivity contribution in [3.8, 4) is 0 Å². The number of carbonyl (C=O) groups is 1. The molecule has 0 aliphatic rings. The van der Waals surface area contributed by atoms with Crippen molar-refractivity contribution < 1.29 is 32.9 Å². The molecule has 0 radical (unpaired) electrons. The number of nitrogens with zero attached hydrogens (tertiary/aromatic N) is 1. The number of phosphoric acid groups is 1. The number of nitrogens with one attached hydrogen (secondary N) is 1. The van der Waals surface area contributed by atoms with Gasteiger partial charge in [-0.25, -0.2) is 0 Å². The van der Waals surface area contributed by atoms with Gasteiger partial charge in [-0.15, -0.1) is 0 Å². The summed E-state index contributed by atoms with van der Waals surface area (Å²) in [5, 5.41) is 13.9. The van der Waals surface area contributed by atoms with Gasteiger partial charge in [-0.05, 0) is 51.4 Å². The summed E-state index contributed by atoms with van der Waals surface area (Å²) in [6, 6.07) is -0.796. The van der Waals surface area contributed by atoms with Crippen LogP contribution in [-0.2, 0) is 18.4 Å². The van der Waals surface area contributed by atoms with Gasteiger partial charge in [0.15, 0.2) is 0 Å². The third-order valence-electron chi connectivity index (χ3n) is 13.4. The first kappa shape index (κ1) is 66.7. The Labute approximate surface area is 423 Å². The molecule has 0 aliphatic carbocycles. The Morgan fingerprint density at radius 2 is 0.853 bits per heavy atom. The highest BCUT2D eigenvalue weighted by Gasteiger charge is 2.24. The van der Waals surface area contributed by atoms with E-state index < -0.39 is 20.0 Å². The van der Waals surface area contributed by atoms with Gasteiger partial charge in [0.05, 0.1) is 39.9 Å². The third kappa shape index (κ3) is 52.5. The fraction of sp³-hybridized carbons (Fsp3) is 0.881. The maximum absolute atomic E-state index is 12.9. The lowest BCUT2D eigenvalue weighted by molar-refractivity contribution is -0.870. The molecule has 68 heavy (non-hydrogen) atoms.